The molecule has 5 heteroatoms. The Morgan fingerprint density at radius 3 is 3.06 bits per heavy atom. The van der Waals surface area contributed by atoms with Crippen molar-refractivity contribution in [3.8, 4) is 5.75 Å². The van der Waals surface area contributed by atoms with Crippen LogP contribution in [0.5, 0.6) is 5.75 Å². The second-order valence-corrected chi connectivity index (χ2v) is 4.54. The lowest BCUT2D eigenvalue weighted by atomic mass is 10.2. The van der Waals surface area contributed by atoms with Gasteiger partial charge in [-0.05, 0) is 19.1 Å². The van der Waals surface area contributed by atoms with E-state index < -0.39 is 0 Å². The Hall–Kier alpha value is -1.46. The van der Waals surface area contributed by atoms with Crippen molar-refractivity contribution in [3.63, 3.8) is 0 Å². The number of aromatic hydroxyl groups is 1. The number of hydrogen-bond donors (Lipinski definition) is 2. The van der Waals surface area contributed by atoms with Crippen molar-refractivity contribution < 1.29 is 5.11 Å². The fourth-order valence-corrected chi connectivity index (χ4v) is 2.11. The molecule has 4 nitrogen and oxygen atoms in total. The number of nitrogens with zero attached hydrogens (tertiary/aromatic N) is 2. The third kappa shape index (κ3) is 3.51. The highest BCUT2D eigenvalue weighted by atomic mass is 32.1. The van der Waals surface area contributed by atoms with Crippen molar-refractivity contribution in [2.75, 3.05) is 6.54 Å². The number of nitrogens with one attached hydrogen (secondary N) is 1. The first kappa shape index (κ1) is 12.0. The van der Waals surface area contributed by atoms with E-state index in [0.29, 0.717) is 12.2 Å². The van der Waals surface area contributed by atoms with Crippen LogP contribution in [0.25, 0.3) is 0 Å². The highest BCUT2D eigenvalue weighted by molar-refractivity contribution is 7.07. The molecule has 0 saturated heterocycles. The Bertz CT molecular complexity index is 471. The van der Waals surface area contributed by atoms with E-state index in [1.54, 1.807) is 23.5 Å². The van der Waals surface area contributed by atoms with Gasteiger partial charge in [0.05, 0.1) is 16.9 Å². The van der Waals surface area contributed by atoms with E-state index in [1.165, 1.54) is 0 Å². The van der Waals surface area contributed by atoms with E-state index in [1.807, 2.05) is 17.8 Å². The zero-order valence-corrected chi connectivity index (χ0v) is 10.5. The zero-order valence-electron chi connectivity index (χ0n) is 9.68. The summed E-state index contributed by atoms with van der Waals surface area (Å²) in [6, 6.07) is 3.48. The fourth-order valence-electron chi connectivity index (χ4n) is 1.52. The van der Waals surface area contributed by atoms with Gasteiger partial charge < -0.3 is 10.4 Å². The van der Waals surface area contributed by atoms with Crippen LogP contribution in [0.4, 0.5) is 0 Å². The molecule has 0 aliphatic heterocycles. The molecule has 2 heterocycles. The molecular formula is C12H15N3OS. The van der Waals surface area contributed by atoms with Gasteiger partial charge >= 0.3 is 0 Å². The van der Waals surface area contributed by atoms with Crippen LogP contribution in [0.15, 0.2) is 23.0 Å². The third-order valence-corrected chi connectivity index (χ3v) is 3.06. The fraction of sp³-hybridized carbons (Fsp3) is 0.333. The summed E-state index contributed by atoms with van der Waals surface area (Å²) >= 11 is 1.61. The molecule has 2 aromatic rings. The zero-order chi connectivity index (χ0) is 12.1. The molecule has 2 N–H and O–H groups in total. The standard InChI is InChI=1S/C12H15N3OS/c1-9-2-3-12(16)11(15-9)6-13-5-4-10-7-17-8-14-10/h2-3,7-8,13,16H,4-6H2,1H3. The molecule has 0 aliphatic carbocycles. The minimum Gasteiger partial charge on any atom is -0.506 e. The van der Waals surface area contributed by atoms with Crippen LogP contribution >= 0.6 is 11.3 Å². The topological polar surface area (TPSA) is 58.0 Å². The number of aromatic nitrogens is 2. The molecule has 0 spiro atoms. The minimum atomic E-state index is 0.247. The first-order valence-electron chi connectivity index (χ1n) is 5.49. The monoisotopic (exact) mass is 249 g/mol. The van der Waals surface area contributed by atoms with Crippen molar-refractivity contribution in [2.45, 2.75) is 19.9 Å². The lowest BCUT2D eigenvalue weighted by Gasteiger charge is -2.06. The van der Waals surface area contributed by atoms with Gasteiger partial charge in [-0.15, -0.1) is 11.3 Å². The Morgan fingerprint density at radius 2 is 2.29 bits per heavy atom. The van der Waals surface area contributed by atoms with E-state index >= 15 is 0 Å². The Kier molecular flexibility index (Phi) is 4.06. The van der Waals surface area contributed by atoms with Crippen molar-refractivity contribution in [3.05, 3.63) is 40.1 Å². The second-order valence-electron chi connectivity index (χ2n) is 3.83. The maximum Gasteiger partial charge on any atom is 0.138 e. The first-order chi connectivity index (χ1) is 8.25. The van der Waals surface area contributed by atoms with Gasteiger partial charge in [-0.1, -0.05) is 0 Å². The van der Waals surface area contributed by atoms with Gasteiger partial charge in [-0.2, -0.15) is 0 Å². The largest absolute Gasteiger partial charge is 0.506 e. The molecule has 0 unspecified atom stereocenters. The molecule has 0 saturated carbocycles. The summed E-state index contributed by atoms with van der Waals surface area (Å²) in [6.45, 7) is 3.33. The highest BCUT2D eigenvalue weighted by Crippen LogP contribution is 2.13. The SMILES string of the molecule is Cc1ccc(O)c(CNCCc2cscn2)n1. The number of thiazole rings is 1. The van der Waals surface area contributed by atoms with Gasteiger partial charge in [0.15, 0.2) is 0 Å². The predicted octanol–water partition coefficient (Wildman–Crippen LogP) is 1.88. The van der Waals surface area contributed by atoms with E-state index in [4.69, 9.17) is 0 Å². The number of rotatable bonds is 5. The molecule has 90 valence electrons. The molecular weight excluding hydrogens is 234 g/mol. The van der Waals surface area contributed by atoms with Crippen molar-refractivity contribution >= 4 is 11.3 Å². The minimum absolute atomic E-state index is 0.247. The van der Waals surface area contributed by atoms with Gasteiger partial charge in [-0.25, -0.2) is 4.98 Å². The Labute approximate surface area is 104 Å². The molecule has 2 rings (SSSR count). The second kappa shape index (κ2) is 5.75. The maximum absolute atomic E-state index is 9.61. The lowest BCUT2D eigenvalue weighted by Crippen LogP contribution is -2.17. The molecule has 0 bridgehead atoms. The molecule has 2 aromatic heterocycles. The summed E-state index contributed by atoms with van der Waals surface area (Å²) < 4.78 is 0. The van der Waals surface area contributed by atoms with Crippen LogP contribution < -0.4 is 5.32 Å². The molecule has 0 aromatic carbocycles. The van der Waals surface area contributed by atoms with Gasteiger partial charge in [-0.3, -0.25) is 4.98 Å². The molecule has 0 atom stereocenters. The molecule has 0 aliphatic rings. The van der Waals surface area contributed by atoms with Gasteiger partial charge in [0.25, 0.3) is 0 Å². The van der Waals surface area contributed by atoms with Crippen LogP contribution in [-0.2, 0) is 13.0 Å². The van der Waals surface area contributed by atoms with Crippen LogP contribution in [-0.4, -0.2) is 21.6 Å². The summed E-state index contributed by atoms with van der Waals surface area (Å²) in [5, 5.41) is 14.9. The van der Waals surface area contributed by atoms with Crippen molar-refractivity contribution in [1.82, 2.24) is 15.3 Å². The van der Waals surface area contributed by atoms with Gasteiger partial charge in [0.2, 0.25) is 0 Å². The lowest BCUT2D eigenvalue weighted by molar-refractivity contribution is 0.459. The van der Waals surface area contributed by atoms with E-state index in [-0.39, 0.29) is 5.75 Å². The summed E-state index contributed by atoms with van der Waals surface area (Å²) in [5.74, 6) is 0.247. The summed E-state index contributed by atoms with van der Waals surface area (Å²) in [6.07, 6.45) is 0.899. The van der Waals surface area contributed by atoms with Gasteiger partial charge in [0.1, 0.15) is 5.75 Å². The van der Waals surface area contributed by atoms with E-state index in [2.05, 4.69) is 15.3 Å². The van der Waals surface area contributed by atoms with E-state index in [9.17, 15) is 5.11 Å². The van der Waals surface area contributed by atoms with Crippen LogP contribution in [0.2, 0.25) is 0 Å². The Balaban J connectivity index is 1.80. The third-order valence-electron chi connectivity index (χ3n) is 2.42. The number of pyridine rings is 1. The van der Waals surface area contributed by atoms with Crippen LogP contribution in [0, 0.1) is 6.92 Å². The van der Waals surface area contributed by atoms with Gasteiger partial charge in [0, 0.05) is 30.6 Å². The molecule has 0 radical (unpaired) electrons. The molecule has 0 fully saturated rings. The Morgan fingerprint density at radius 1 is 1.41 bits per heavy atom. The van der Waals surface area contributed by atoms with Crippen LogP contribution in [0.3, 0.4) is 0 Å². The number of hydrogen-bond acceptors (Lipinski definition) is 5. The molecule has 0 amide bonds. The average molecular weight is 249 g/mol. The summed E-state index contributed by atoms with van der Waals surface area (Å²) in [7, 11) is 0. The van der Waals surface area contributed by atoms with E-state index in [0.717, 1.165) is 24.4 Å². The van der Waals surface area contributed by atoms with Crippen LogP contribution in [0.1, 0.15) is 17.1 Å². The van der Waals surface area contributed by atoms with Crippen molar-refractivity contribution in [1.29, 1.82) is 0 Å². The number of aryl methyl sites for hydroxylation is 1. The maximum atomic E-state index is 9.61. The molecule has 17 heavy (non-hydrogen) atoms. The summed E-state index contributed by atoms with van der Waals surface area (Å²) in [5.41, 5.74) is 4.55. The predicted molar refractivity (Wildman–Crippen MR) is 68.2 cm³/mol. The normalized spacial score (nSPS) is 10.6. The average Bonchev–Trinajstić information content (AvgIpc) is 2.82. The highest BCUT2D eigenvalue weighted by Gasteiger charge is 2.02. The smallest absolute Gasteiger partial charge is 0.138 e. The quantitative estimate of drug-likeness (QED) is 0.794. The van der Waals surface area contributed by atoms with Crippen molar-refractivity contribution in [2.24, 2.45) is 0 Å². The summed E-state index contributed by atoms with van der Waals surface area (Å²) in [4.78, 5) is 8.49. The first-order valence-corrected chi connectivity index (χ1v) is 6.43.